The lowest BCUT2D eigenvalue weighted by Gasteiger charge is -2.34. The van der Waals surface area contributed by atoms with E-state index in [-0.39, 0.29) is 18.5 Å². The van der Waals surface area contributed by atoms with Crippen LogP contribution < -0.4 is 9.62 Å². The highest BCUT2D eigenvalue weighted by atomic mass is 35.5. The minimum atomic E-state index is -3.81. The Morgan fingerprint density at radius 2 is 1.73 bits per heavy atom. The van der Waals surface area contributed by atoms with Gasteiger partial charge in [-0.1, -0.05) is 68.1 Å². The molecular formula is C28H38ClN3O4S. The van der Waals surface area contributed by atoms with Crippen LogP contribution in [0.25, 0.3) is 0 Å². The molecule has 0 radical (unpaired) electrons. The van der Waals surface area contributed by atoms with E-state index in [0.29, 0.717) is 17.1 Å². The third-order valence-electron chi connectivity index (χ3n) is 7.06. The first-order chi connectivity index (χ1) is 17.5. The molecule has 2 aromatic carbocycles. The van der Waals surface area contributed by atoms with Gasteiger partial charge in [-0.25, -0.2) is 8.42 Å². The first-order valence-corrected chi connectivity index (χ1v) is 15.1. The smallest absolute Gasteiger partial charge is 0.244 e. The van der Waals surface area contributed by atoms with Crippen molar-refractivity contribution in [3.8, 4) is 0 Å². The van der Waals surface area contributed by atoms with Crippen LogP contribution in [-0.4, -0.2) is 50.0 Å². The first-order valence-electron chi connectivity index (χ1n) is 12.9. The molecule has 2 amide bonds. The lowest BCUT2D eigenvalue weighted by Crippen LogP contribution is -2.54. The van der Waals surface area contributed by atoms with E-state index in [1.54, 1.807) is 18.2 Å². The molecule has 0 aliphatic heterocycles. The Hall–Kier alpha value is -2.58. The van der Waals surface area contributed by atoms with Gasteiger partial charge in [0, 0.05) is 17.6 Å². The molecule has 202 valence electrons. The Bertz CT molecular complexity index is 1210. The quantitative estimate of drug-likeness (QED) is 0.454. The molecule has 0 saturated heterocycles. The summed E-state index contributed by atoms with van der Waals surface area (Å²) in [6.07, 6.45) is 6.67. The maximum absolute atomic E-state index is 13.8. The van der Waals surface area contributed by atoms with Crippen LogP contribution in [0.5, 0.6) is 0 Å². The Morgan fingerprint density at radius 1 is 1.05 bits per heavy atom. The molecule has 0 spiro atoms. The molecule has 9 heteroatoms. The molecule has 1 N–H and O–H groups in total. The van der Waals surface area contributed by atoms with Gasteiger partial charge in [-0.3, -0.25) is 13.9 Å². The van der Waals surface area contributed by atoms with E-state index < -0.39 is 28.5 Å². The molecule has 0 aromatic heterocycles. The third-order valence-corrected chi connectivity index (χ3v) is 8.61. The number of aryl methyl sites for hydroxylation is 2. The Kier molecular flexibility index (Phi) is 10.0. The number of nitrogens with zero attached hydrogens (tertiary/aromatic N) is 2. The summed E-state index contributed by atoms with van der Waals surface area (Å²) in [7, 11) is -3.81. The first kappa shape index (κ1) is 29.0. The number of anilines is 1. The maximum Gasteiger partial charge on any atom is 0.244 e. The van der Waals surface area contributed by atoms with Gasteiger partial charge in [0.1, 0.15) is 12.6 Å². The predicted octanol–water partition coefficient (Wildman–Crippen LogP) is 4.98. The lowest BCUT2D eigenvalue weighted by atomic mass is 9.95. The van der Waals surface area contributed by atoms with Gasteiger partial charge in [0.2, 0.25) is 21.8 Å². The van der Waals surface area contributed by atoms with Crippen LogP contribution >= 0.6 is 11.6 Å². The number of hydrogen-bond donors (Lipinski definition) is 1. The van der Waals surface area contributed by atoms with Gasteiger partial charge in [0.25, 0.3) is 0 Å². The molecule has 2 aromatic rings. The molecule has 1 atom stereocenters. The zero-order valence-corrected chi connectivity index (χ0v) is 23.7. The fraction of sp³-hybridized carbons (Fsp3) is 0.500. The second-order valence-electron chi connectivity index (χ2n) is 9.92. The van der Waals surface area contributed by atoms with Crippen molar-refractivity contribution in [1.82, 2.24) is 10.2 Å². The number of carbonyl (C=O) groups is 2. The van der Waals surface area contributed by atoms with Crippen molar-refractivity contribution in [3.63, 3.8) is 0 Å². The van der Waals surface area contributed by atoms with Crippen molar-refractivity contribution in [2.45, 2.75) is 77.9 Å². The van der Waals surface area contributed by atoms with E-state index in [1.807, 2.05) is 45.0 Å². The normalized spacial score (nSPS) is 15.2. The predicted molar refractivity (Wildman–Crippen MR) is 149 cm³/mol. The summed E-state index contributed by atoms with van der Waals surface area (Å²) in [5.74, 6) is -0.642. The van der Waals surface area contributed by atoms with Gasteiger partial charge in [-0.2, -0.15) is 0 Å². The molecule has 1 unspecified atom stereocenters. The number of sulfonamides is 1. The lowest BCUT2D eigenvalue weighted by molar-refractivity contribution is -0.140. The molecule has 1 aliphatic rings. The van der Waals surface area contributed by atoms with E-state index in [9.17, 15) is 18.0 Å². The molecule has 1 fully saturated rings. The SMILES string of the molecule is CCC(C(=O)NC1CCCCC1)N(Cc1ccccc1C)C(=O)CN(c1ccc(C)c(Cl)c1)S(C)(=O)=O. The minimum absolute atomic E-state index is 0.105. The zero-order chi connectivity index (χ0) is 27.2. The number of rotatable bonds is 10. The van der Waals surface area contributed by atoms with E-state index in [2.05, 4.69) is 5.32 Å². The molecule has 1 saturated carbocycles. The largest absolute Gasteiger partial charge is 0.352 e. The molecule has 0 bridgehead atoms. The van der Waals surface area contributed by atoms with Gasteiger partial charge < -0.3 is 10.2 Å². The average molecular weight is 548 g/mol. The summed E-state index contributed by atoms with van der Waals surface area (Å²) in [6, 6.07) is 12.0. The van der Waals surface area contributed by atoms with Crippen LogP contribution in [0, 0.1) is 13.8 Å². The molecular weight excluding hydrogens is 510 g/mol. The Balaban J connectivity index is 1.93. The molecule has 3 rings (SSSR count). The summed E-state index contributed by atoms with van der Waals surface area (Å²) in [5.41, 5.74) is 3.01. The number of carbonyl (C=O) groups excluding carboxylic acids is 2. The highest BCUT2D eigenvalue weighted by Gasteiger charge is 2.33. The van der Waals surface area contributed by atoms with E-state index in [1.165, 1.54) is 11.3 Å². The Labute approximate surface area is 226 Å². The second-order valence-corrected chi connectivity index (χ2v) is 12.2. The van der Waals surface area contributed by atoms with E-state index in [0.717, 1.165) is 52.9 Å². The third kappa shape index (κ3) is 7.71. The standard InChI is InChI=1S/C28H38ClN3O4S/c1-5-26(28(34)30-23-13-7-6-8-14-23)31(18-22-12-10-9-11-20(22)2)27(33)19-32(37(4,35)36)24-16-15-21(3)25(29)17-24/h9-12,15-17,23,26H,5-8,13-14,18-19H2,1-4H3,(H,30,34). The monoisotopic (exact) mass is 547 g/mol. The molecule has 1 aliphatic carbocycles. The van der Waals surface area contributed by atoms with Gasteiger partial charge in [0.05, 0.1) is 11.9 Å². The van der Waals surface area contributed by atoms with E-state index >= 15 is 0 Å². The topological polar surface area (TPSA) is 86.8 Å². The van der Waals surface area contributed by atoms with Gasteiger partial charge in [0.15, 0.2) is 0 Å². The fourth-order valence-electron chi connectivity index (χ4n) is 4.79. The van der Waals surface area contributed by atoms with Crippen molar-refractivity contribution in [1.29, 1.82) is 0 Å². The zero-order valence-electron chi connectivity index (χ0n) is 22.2. The summed E-state index contributed by atoms with van der Waals surface area (Å²) in [5, 5.41) is 3.56. The van der Waals surface area contributed by atoms with Gasteiger partial charge >= 0.3 is 0 Å². The van der Waals surface area contributed by atoms with Crippen molar-refractivity contribution in [3.05, 3.63) is 64.2 Å². The summed E-state index contributed by atoms with van der Waals surface area (Å²) in [6.45, 7) is 5.42. The highest BCUT2D eigenvalue weighted by Crippen LogP contribution is 2.26. The average Bonchev–Trinajstić information content (AvgIpc) is 2.85. The molecule has 7 nitrogen and oxygen atoms in total. The van der Waals surface area contributed by atoms with Crippen LogP contribution in [0.4, 0.5) is 5.69 Å². The molecule has 37 heavy (non-hydrogen) atoms. The number of nitrogens with one attached hydrogen (secondary N) is 1. The number of amides is 2. The number of benzene rings is 2. The number of hydrogen-bond acceptors (Lipinski definition) is 4. The van der Waals surface area contributed by atoms with Crippen LogP contribution in [-0.2, 0) is 26.2 Å². The fourth-order valence-corrected chi connectivity index (χ4v) is 5.80. The molecule has 0 heterocycles. The summed E-state index contributed by atoms with van der Waals surface area (Å²) in [4.78, 5) is 28.8. The van der Waals surface area contributed by atoms with E-state index in [4.69, 9.17) is 11.6 Å². The minimum Gasteiger partial charge on any atom is -0.352 e. The van der Waals surface area contributed by atoms with Crippen molar-refractivity contribution < 1.29 is 18.0 Å². The highest BCUT2D eigenvalue weighted by molar-refractivity contribution is 7.92. The van der Waals surface area contributed by atoms with Crippen LogP contribution in [0.2, 0.25) is 5.02 Å². The summed E-state index contributed by atoms with van der Waals surface area (Å²) >= 11 is 6.27. The van der Waals surface area contributed by atoms with Gasteiger partial charge in [-0.15, -0.1) is 0 Å². The number of halogens is 1. The van der Waals surface area contributed by atoms with Crippen LogP contribution in [0.3, 0.4) is 0 Å². The van der Waals surface area contributed by atoms with Crippen molar-refractivity contribution >= 4 is 39.1 Å². The maximum atomic E-state index is 13.8. The summed E-state index contributed by atoms with van der Waals surface area (Å²) < 4.78 is 26.6. The van der Waals surface area contributed by atoms with Crippen molar-refractivity contribution in [2.24, 2.45) is 0 Å². The van der Waals surface area contributed by atoms with Gasteiger partial charge in [-0.05, 0) is 61.9 Å². The second kappa shape index (κ2) is 12.8. The van der Waals surface area contributed by atoms with Crippen LogP contribution in [0.15, 0.2) is 42.5 Å². The Morgan fingerprint density at radius 3 is 2.32 bits per heavy atom. The van der Waals surface area contributed by atoms with Crippen molar-refractivity contribution in [2.75, 3.05) is 17.1 Å². The van der Waals surface area contributed by atoms with Crippen LogP contribution in [0.1, 0.15) is 62.1 Å².